The monoisotopic (exact) mass is 262 g/mol. The Morgan fingerprint density at radius 2 is 1.60 bits per heavy atom. The van der Waals surface area contributed by atoms with E-state index in [2.05, 4.69) is 15.6 Å². The van der Waals surface area contributed by atoms with E-state index in [1.165, 1.54) is 0 Å². The van der Waals surface area contributed by atoms with Crippen molar-refractivity contribution in [2.75, 3.05) is 5.43 Å². The molecule has 3 rings (SSSR count). The normalized spacial score (nSPS) is 10.8. The summed E-state index contributed by atoms with van der Waals surface area (Å²) < 4.78 is 1.84. The smallest absolute Gasteiger partial charge is 0.0869 e. The fraction of sp³-hybridized carbons (Fsp3) is 0. The Labute approximate surface area is 117 Å². The van der Waals surface area contributed by atoms with Gasteiger partial charge in [0.2, 0.25) is 0 Å². The van der Waals surface area contributed by atoms with Crippen LogP contribution in [-0.4, -0.2) is 16.0 Å². The van der Waals surface area contributed by atoms with E-state index in [9.17, 15) is 0 Å². The molecule has 0 amide bonds. The zero-order chi connectivity index (χ0) is 13.6. The van der Waals surface area contributed by atoms with Crippen LogP contribution in [0.1, 0.15) is 5.69 Å². The van der Waals surface area contributed by atoms with Crippen molar-refractivity contribution in [1.29, 1.82) is 0 Å². The van der Waals surface area contributed by atoms with E-state index in [1.54, 1.807) is 12.4 Å². The van der Waals surface area contributed by atoms with Gasteiger partial charge in [-0.1, -0.05) is 36.4 Å². The van der Waals surface area contributed by atoms with Crippen molar-refractivity contribution in [3.63, 3.8) is 0 Å². The first-order valence-corrected chi connectivity index (χ1v) is 6.37. The summed E-state index contributed by atoms with van der Waals surface area (Å²) in [6.45, 7) is 0. The third kappa shape index (κ3) is 2.75. The molecule has 0 atom stereocenters. The van der Waals surface area contributed by atoms with Crippen molar-refractivity contribution in [2.45, 2.75) is 0 Å². The third-order valence-corrected chi connectivity index (χ3v) is 2.84. The number of aromatic nitrogens is 2. The van der Waals surface area contributed by atoms with Gasteiger partial charge in [-0.25, -0.2) is 4.68 Å². The Hall–Kier alpha value is -2.88. The molecule has 0 bridgehead atoms. The summed E-state index contributed by atoms with van der Waals surface area (Å²) in [5.74, 6) is 0. The predicted octanol–water partition coefficient (Wildman–Crippen LogP) is 3.32. The molecule has 0 unspecified atom stereocenters. The summed E-state index contributed by atoms with van der Waals surface area (Å²) in [5.41, 5.74) is 5.87. The van der Waals surface area contributed by atoms with Crippen LogP contribution >= 0.6 is 0 Å². The Bertz CT molecular complexity index is 687. The van der Waals surface area contributed by atoms with Gasteiger partial charge in [-0.15, -0.1) is 0 Å². The Morgan fingerprint density at radius 1 is 0.900 bits per heavy atom. The number of para-hydroxylation sites is 2. The zero-order valence-corrected chi connectivity index (χ0v) is 10.8. The number of anilines is 1. The maximum Gasteiger partial charge on any atom is 0.0869 e. The Balaban J connectivity index is 1.77. The second-order valence-electron chi connectivity index (χ2n) is 4.24. The van der Waals surface area contributed by atoms with Crippen LogP contribution < -0.4 is 5.43 Å². The molecule has 1 N–H and O–H groups in total. The molecule has 0 spiro atoms. The molecule has 1 aromatic heterocycles. The fourth-order valence-electron chi connectivity index (χ4n) is 1.88. The van der Waals surface area contributed by atoms with Gasteiger partial charge < -0.3 is 0 Å². The summed E-state index contributed by atoms with van der Waals surface area (Å²) in [6.07, 6.45) is 3.52. The number of nitrogens with zero attached hydrogens (tertiary/aromatic N) is 3. The molecule has 20 heavy (non-hydrogen) atoms. The number of hydrogen-bond donors (Lipinski definition) is 1. The van der Waals surface area contributed by atoms with Crippen molar-refractivity contribution in [2.24, 2.45) is 5.10 Å². The number of hydrazone groups is 1. The number of nitrogens with one attached hydrogen (secondary N) is 1. The molecule has 4 nitrogen and oxygen atoms in total. The molecule has 3 aromatic rings. The number of rotatable bonds is 4. The van der Waals surface area contributed by atoms with Crippen molar-refractivity contribution < 1.29 is 0 Å². The average molecular weight is 262 g/mol. The van der Waals surface area contributed by atoms with Gasteiger partial charge in [0.05, 0.1) is 29.5 Å². The topological polar surface area (TPSA) is 42.2 Å². The molecule has 98 valence electrons. The van der Waals surface area contributed by atoms with Crippen LogP contribution in [0.2, 0.25) is 0 Å². The van der Waals surface area contributed by atoms with Gasteiger partial charge in [0.1, 0.15) is 0 Å². The minimum absolute atomic E-state index is 0.916. The standard InChI is InChI=1S/C16H14N4/c1-3-7-14(8-4-1)19-17-13-16-11-12-18-20(16)15-9-5-2-6-10-15/h1-13,19H/b17-13-. The highest BCUT2D eigenvalue weighted by molar-refractivity contribution is 5.78. The summed E-state index contributed by atoms with van der Waals surface area (Å²) in [4.78, 5) is 0. The van der Waals surface area contributed by atoms with E-state index in [4.69, 9.17) is 0 Å². The lowest BCUT2D eigenvalue weighted by atomic mass is 10.3. The van der Waals surface area contributed by atoms with E-state index in [1.807, 2.05) is 71.4 Å². The zero-order valence-electron chi connectivity index (χ0n) is 10.8. The first-order valence-electron chi connectivity index (χ1n) is 6.37. The minimum Gasteiger partial charge on any atom is -0.278 e. The van der Waals surface area contributed by atoms with E-state index in [-0.39, 0.29) is 0 Å². The van der Waals surface area contributed by atoms with Gasteiger partial charge in [-0.05, 0) is 30.3 Å². The van der Waals surface area contributed by atoms with Gasteiger partial charge in [0.15, 0.2) is 0 Å². The van der Waals surface area contributed by atoms with Crippen LogP contribution in [0.4, 0.5) is 5.69 Å². The molecular formula is C16H14N4. The second kappa shape index (κ2) is 5.84. The summed E-state index contributed by atoms with van der Waals surface area (Å²) in [7, 11) is 0. The SMILES string of the molecule is C(=N/Nc1ccccc1)/c1ccnn1-c1ccccc1. The molecule has 0 aliphatic heterocycles. The van der Waals surface area contributed by atoms with Gasteiger partial charge in [-0.3, -0.25) is 5.43 Å². The molecule has 0 radical (unpaired) electrons. The van der Waals surface area contributed by atoms with Crippen LogP contribution in [0.15, 0.2) is 78.0 Å². The highest BCUT2D eigenvalue weighted by Crippen LogP contribution is 2.09. The molecule has 0 saturated carbocycles. The maximum atomic E-state index is 4.31. The van der Waals surface area contributed by atoms with Crippen LogP contribution in [0.25, 0.3) is 5.69 Å². The lowest BCUT2D eigenvalue weighted by Crippen LogP contribution is -2.02. The van der Waals surface area contributed by atoms with Crippen molar-refractivity contribution in [3.8, 4) is 5.69 Å². The van der Waals surface area contributed by atoms with Crippen molar-refractivity contribution >= 4 is 11.9 Å². The highest BCUT2D eigenvalue weighted by atomic mass is 15.3. The van der Waals surface area contributed by atoms with Crippen LogP contribution in [-0.2, 0) is 0 Å². The van der Waals surface area contributed by atoms with Crippen LogP contribution in [0, 0.1) is 0 Å². The van der Waals surface area contributed by atoms with Gasteiger partial charge in [0.25, 0.3) is 0 Å². The Morgan fingerprint density at radius 3 is 2.35 bits per heavy atom. The maximum absolute atomic E-state index is 4.31. The van der Waals surface area contributed by atoms with Gasteiger partial charge in [0, 0.05) is 0 Å². The summed E-state index contributed by atoms with van der Waals surface area (Å²) in [6, 6.07) is 21.7. The number of benzene rings is 2. The highest BCUT2D eigenvalue weighted by Gasteiger charge is 2.01. The fourth-order valence-corrected chi connectivity index (χ4v) is 1.88. The molecule has 4 heteroatoms. The average Bonchev–Trinajstić information content (AvgIpc) is 2.98. The second-order valence-corrected chi connectivity index (χ2v) is 4.24. The van der Waals surface area contributed by atoms with E-state index < -0.39 is 0 Å². The molecule has 0 fully saturated rings. The third-order valence-electron chi connectivity index (χ3n) is 2.84. The molecule has 0 saturated heterocycles. The van der Waals surface area contributed by atoms with Crippen molar-refractivity contribution in [3.05, 3.63) is 78.6 Å². The first kappa shape index (κ1) is 12.2. The van der Waals surface area contributed by atoms with Gasteiger partial charge >= 0.3 is 0 Å². The molecule has 0 aliphatic rings. The van der Waals surface area contributed by atoms with Gasteiger partial charge in [-0.2, -0.15) is 10.2 Å². The summed E-state index contributed by atoms with van der Waals surface area (Å²) >= 11 is 0. The number of hydrogen-bond acceptors (Lipinski definition) is 3. The van der Waals surface area contributed by atoms with Crippen LogP contribution in [0.5, 0.6) is 0 Å². The lowest BCUT2D eigenvalue weighted by Gasteiger charge is -2.03. The van der Waals surface area contributed by atoms with E-state index >= 15 is 0 Å². The minimum atomic E-state index is 0.916. The summed E-state index contributed by atoms with van der Waals surface area (Å²) in [5, 5.41) is 8.54. The molecule has 1 heterocycles. The van der Waals surface area contributed by atoms with E-state index in [0.29, 0.717) is 0 Å². The van der Waals surface area contributed by atoms with Crippen LogP contribution in [0.3, 0.4) is 0 Å². The quantitative estimate of drug-likeness (QED) is 0.579. The van der Waals surface area contributed by atoms with Crippen molar-refractivity contribution in [1.82, 2.24) is 9.78 Å². The van der Waals surface area contributed by atoms with E-state index in [0.717, 1.165) is 17.1 Å². The predicted molar refractivity (Wildman–Crippen MR) is 81.2 cm³/mol. The Kier molecular flexibility index (Phi) is 3.55. The lowest BCUT2D eigenvalue weighted by molar-refractivity contribution is 0.873. The molecule has 2 aromatic carbocycles. The first-order chi connectivity index (χ1) is 9.93. The molecular weight excluding hydrogens is 248 g/mol. The largest absolute Gasteiger partial charge is 0.278 e. The molecule has 0 aliphatic carbocycles.